The van der Waals surface area contributed by atoms with E-state index in [-0.39, 0.29) is 13.0 Å². The third-order valence-corrected chi connectivity index (χ3v) is 4.78. The highest BCUT2D eigenvalue weighted by atomic mass is 35.5. The zero-order chi connectivity index (χ0) is 18.6. The van der Waals surface area contributed by atoms with Gasteiger partial charge >= 0.3 is 0 Å². The van der Waals surface area contributed by atoms with E-state index in [2.05, 4.69) is 4.98 Å². The Morgan fingerprint density at radius 2 is 1.81 bits per heavy atom. The van der Waals surface area contributed by atoms with E-state index in [1.807, 2.05) is 6.07 Å². The third kappa shape index (κ3) is 3.98. The smallest absolute Gasteiger partial charge is 0.295 e. The summed E-state index contributed by atoms with van der Waals surface area (Å²) >= 11 is 12.6. The second-order valence-electron chi connectivity index (χ2n) is 5.79. The summed E-state index contributed by atoms with van der Waals surface area (Å²) in [7, 11) is 0. The number of nitrogens with zero attached hydrogens (tertiary/aromatic N) is 3. The fraction of sp³-hybridized carbons (Fsp3) is 0.167. The summed E-state index contributed by atoms with van der Waals surface area (Å²) in [4.78, 5) is 20.6. The van der Waals surface area contributed by atoms with E-state index in [4.69, 9.17) is 28.0 Å². The van der Waals surface area contributed by atoms with Gasteiger partial charge in [-0.05, 0) is 23.3 Å². The van der Waals surface area contributed by atoms with Gasteiger partial charge in [-0.1, -0.05) is 59.6 Å². The predicted octanol–water partition coefficient (Wildman–Crippen LogP) is 4.54. The van der Waals surface area contributed by atoms with Crippen LogP contribution < -0.4 is 0 Å². The zero-order valence-electron chi connectivity index (χ0n) is 13.6. The lowest BCUT2D eigenvalue weighted by molar-refractivity contribution is -0.785. The number of hydrogen-bond acceptors (Lipinski definition) is 4. The lowest BCUT2D eigenvalue weighted by atomic mass is 9.86. The summed E-state index contributed by atoms with van der Waals surface area (Å²) in [5.41, 5.74) is -0.0943. The van der Waals surface area contributed by atoms with Gasteiger partial charge < -0.3 is 9.40 Å². The molecule has 0 amide bonds. The van der Waals surface area contributed by atoms with Gasteiger partial charge in [-0.2, -0.15) is 0 Å². The molecule has 1 aromatic heterocycles. The molecule has 0 spiro atoms. The molecule has 0 aliphatic carbocycles. The summed E-state index contributed by atoms with van der Waals surface area (Å²) in [5.74, 6) is 0. The van der Waals surface area contributed by atoms with Crippen LogP contribution >= 0.6 is 23.2 Å². The summed E-state index contributed by atoms with van der Waals surface area (Å²) < 4.78 is 1.72. The van der Waals surface area contributed by atoms with Crippen LogP contribution in [-0.4, -0.2) is 14.6 Å². The van der Waals surface area contributed by atoms with E-state index in [0.717, 1.165) is 0 Å². The van der Waals surface area contributed by atoms with Gasteiger partial charge in [0.25, 0.3) is 5.09 Å². The van der Waals surface area contributed by atoms with Gasteiger partial charge in [0.1, 0.15) is 0 Å². The van der Waals surface area contributed by atoms with Crippen LogP contribution in [0, 0.1) is 10.1 Å². The van der Waals surface area contributed by atoms with Gasteiger partial charge in [0.15, 0.2) is 5.60 Å². The van der Waals surface area contributed by atoms with Crippen molar-refractivity contribution < 1.29 is 9.92 Å². The van der Waals surface area contributed by atoms with Crippen molar-refractivity contribution in [2.45, 2.75) is 18.6 Å². The van der Waals surface area contributed by atoms with Crippen LogP contribution in [0.5, 0.6) is 0 Å². The Balaban J connectivity index is 2.13. The quantitative estimate of drug-likeness (QED) is 0.437. The van der Waals surface area contributed by atoms with Crippen molar-refractivity contribution >= 4 is 23.2 Å². The Labute approximate surface area is 160 Å². The lowest BCUT2D eigenvalue weighted by Gasteiger charge is -2.33. The molecule has 0 N–H and O–H groups in total. The minimum Gasteiger partial charge on any atom is -0.335 e. The average molecular weight is 392 g/mol. The Bertz CT molecular complexity index is 868. The third-order valence-electron chi connectivity index (χ3n) is 4.07. The van der Waals surface area contributed by atoms with E-state index in [1.54, 1.807) is 65.8 Å². The van der Waals surface area contributed by atoms with Gasteiger partial charge in [0.05, 0.1) is 12.9 Å². The Morgan fingerprint density at radius 3 is 2.38 bits per heavy atom. The average Bonchev–Trinajstić information content (AvgIpc) is 3.11. The SMILES string of the molecule is O=[N+]([O-])OC(Cc1c(Cl)cccc1Cl)(Cn1ccnc1)c1ccccc1. The largest absolute Gasteiger partial charge is 0.335 e. The van der Waals surface area contributed by atoms with Crippen LogP contribution in [0.4, 0.5) is 0 Å². The van der Waals surface area contributed by atoms with Crippen LogP contribution in [0.15, 0.2) is 67.3 Å². The first kappa shape index (κ1) is 18.2. The fourth-order valence-electron chi connectivity index (χ4n) is 2.91. The van der Waals surface area contributed by atoms with E-state index >= 15 is 0 Å². The van der Waals surface area contributed by atoms with Crippen LogP contribution in [0.3, 0.4) is 0 Å². The second kappa shape index (κ2) is 7.76. The molecular formula is C18H15Cl2N3O3. The topological polar surface area (TPSA) is 70.2 Å². The van der Waals surface area contributed by atoms with Crippen molar-refractivity contribution in [3.8, 4) is 0 Å². The number of benzene rings is 2. The van der Waals surface area contributed by atoms with Crippen LogP contribution in [0.1, 0.15) is 11.1 Å². The van der Waals surface area contributed by atoms with Gasteiger partial charge in [-0.3, -0.25) is 0 Å². The molecular weight excluding hydrogens is 377 g/mol. The number of hydrogen-bond donors (Lipinski definition) is 0. The number of aromatic nitrogens is 2. The molecule has 26 heavy (non-hydrogen) atoms. The van der Waals surface area contributed by atoms with Gasteiger partial charge in [-0.25, -0.2) is 4.98 Å². The molecule has 0 bridgehead atoms. The van der Waals surface area contributed by atoms with Crippen molar-refractivity contribution in [2.24, 2.45) is 0 Å². The van der Waals surface area contributed by atoms with E-state index in [0.29, 0.717) is 21.2 Å². The summed E-state index contributed by atoms with van der Waals surface area (Å²) in [6.07, 6.45) is 5.02. The highest BCUT2D eigenvalue weighted by Crippen LogP contribution is 2.37. The predicted molar refractivity (Wildman–Crippen MR) is 98.6 cm³/mol. The normalized spacial score (nSPS) is 13.2. The zero-order valence-corrected chi connectivity index (χ0v) is 15.1. The van der Waals surface area contributed by atoms with Gasteiger partial charge in [-0.15, -0.1) is 10.1 Å². The first-order valence-electron chi connectivity index (χ1n) is 7.78. The fourth-order valence-corrected chi connectivity index (χ4v) is 3.44. The standard InChI is InChI=1S/C18H15Cl2N3O3/c19-16-7-4-8-17(20)15(16)11-18(26-23(24)25,12-22-10-9-21-13-22)14-5-2-1-3-6-14/h1-10,13H,11-12H2. The van der Waals surface area contributed by atoms with E-state index in [9.17, 15) is 10.1 Å². The molecule has 0 fully saturated rings. The molecule has 0 saturated carbocycles. The summed E-state index contributed by atoms with van der Waals surface area (Å²) in [5, 5.41) is 11.4. The molecule has 0 radical (unpaired) electrons. The van der Waals surface area contributed by atoms with Crippen molar-refractivity contribution in [1.82, 2.24) is 9.55 Å². The highest BCUT2D eigenvalue weighted by molar-refractivity contribution is 6.36. The molecule has 6 nitrogen and oxygen atoms in total. The maximum absolute atomic E-state index is 11.4. The van der Waals surface area contributed by atoms with Crippen molar-refractivity contribution in [2.75, 3.05) is 0 Å². The van der Waals surface area contributed by atoms with Crippen molar-refractivity contribution in [3.63, 3.8) is 0 Å². The molecule has 2 aromatic carbocycles. The van der Waals surface area contributed by atoms with Gasteiger partial charge in [0, 0.05) is 28.9 Å². The molecule has 1 unspecified atom stereocenters. The lowest BCUT2D eigenvalue weighted by Crippen LogP contribution is -2.39. The van der Waals surface area contributed by atoms with E-state index < -0.39 is 10.7 Å². The van der Waals surface area contributed by atoms with Crippen molar-refractivity contribution in [1.29, 1.82) is 0 Å². The highest BCUT2D eigenvalue weighted by Gasteiger charge is 2.38. The first-order valence-corrected chi connectivity index (χ1v) is 8.53. The maximum atomic E-state index is 11.4. The van der Waals surface area contributed by atoms with Crippen molar-refractivity contribution in [3.05, 3.63) is 98.5 Å². The summed E-state index contributed by atoms with van der Waals surface area (Å²) in [6.45, 7) is 0.166. The van der Waals surface area contributed by atoms with Crippen LogP contribution in [-0.2, 0) is 23.4 Å². The minimum atomic E-state index is -1.32. The molecule has 3 aromatic rings. The molecule has 134 valence electrons. The second-order valence-corrected chi connectivity index (χ2v) is 6.60. The number of rotatable bonds is 7. The Hall–Kier alpha value is -2.57. The molecule has 8 heteroatoms. The summed E-state index contributed by atoms with van der Waals surface area (Å²) in [6, 6.07) is 14.1. The Kier molecular flexibility index (Phi) is 5.44. The molecule has 0 aliphatic rings. The monoisotopic (exact) mass is 391 g/mol. The molecule has 0 aliphatic heterocycles. The van der Waals surface area contributed by atoms with E-state index in [1.165, 1.54) is 0 Å². The minimum absolute atomic E-state index is 0.120. The van der Waals surface area contributed by atoms with Crippen LogP contribution in [0.25, 0.3) is 0 Å². The number of imidazole rings is 1. The molecule has 3 rings (SSSR count). The number of halogens is 2. The van der Waals surface area contributed by atoms with Crippen LogP contribution in [0.2, 0.25) is 10.0 Å². The van der Waals surface area contributed by atoms with Gasteiger partial charge in [0.2, 0.25) is 0 Å². The first-order chi connectivity index (χ1) is 12.5. The molecule has 0 saturated heterocycles. The molecule has 1 atom stereocenters. The Morgan fingerprint density at radius 1 is 1.12 bits per heavy atom. The molecule has 1 heterocycles. The maximum Gasteiger partial charge on any atom is 0.295 e.